The van der Waals surface area contributed by atoms with E-state index in [1.807, 2.05) is 73.0 Å². The van der Waals surface area contributed by atoms with Crippen molar-refractivity contribution >= 4 is 11.5 Å². The van der Waals surface area contributed by atoms with Gasteiger partial charge in [-0.1, -0.05) is 35.9 Å². The molecular formula is C18H17NO2. The second-order valence-corrected chi connectivity index (χ2v) is 4.99. The first-order valence-corrected chi connectivity index (χ1v) is 7.05. The van der Waals surface area contributed by atoms with Crippen molar-refractivity contribution in [3.63, 3.8) is 0 Å². The molecule has 1 aromatic carbocycles. The predicted octanol–water partition coefficient (Wildman–Crippen LogP) is 4.09. The van der Waals surface area contributed by atoms with E-state index in [0.29, 0.717) is 12.2 Å². The van der Waals surface area contributed by atoms with Crippen molar-refractivity contribution in [1.29, 1.82) is 0 Å². The van der Waals surface area contributed by atoms with Crippen LogP contribution in [0.15, 0.2) is 54.7 Å². The van der Waals surface area contributed by atoms with Crippen LogP contribution in [0.2, 0.25) is 0 Å². The van der Waals surface area contributed by atoms with E-state index >= 15 is 0 Å². The number of hydrogen-bond acceptors (Lipinski definition) is 2. The van der Waals surface area contributed by atoms with Gasteiger partial charge in [0.25, 0.3) is 0 Å². The maximum absolute atomic E-state index is 12.2. The van der Waals surface area contributed by atoms with Gasteiger partial charge in [0.05, 0.1) is 17.9 Å². The molecular weight excluding hydrogens is 262 g/mol. The lowest BCUT2D eigenvalue weighted by molar-refractivity contribution is 0.0527. The zero-order chi connectivity index (χ0) is 14.8. The van der Waals surface area contributed by atoms with Gasteiger partial charge in [-0.25, -0.2) is 4.79 Å². The number of rotatable bonds is 3. The molecule has 0 aliphatic rings. The minimum atomic E-state index is -0.281. The van der Waals surface area contributed by atoms with Gasteiger partial charge >= 0.3 is 5.97 Å². The van der Waals surface area contributed by atoms with E-state index in [4.69, 9.17) is 4.74 Å². The number of benzene rings is 1. The fourth-order valence-electron chi connectivity index (χ4n) is 2.49. The monoisotopic (exact) mass is 279 g/mol. The summed E-state index contributed by atoms with van der Waals surface area (Å²) in [5, 5.41) is 0. The number of hydrogen-bond donors (Lipinski definition) is 0. The average molecular weight is 279 g/mol. The van der Waals surface area contributed by atoms with Gasteiger partial charge in [0.2, 0.25) is 0 Å². The summed E-state index contributed by atoms with van der Waals surface area (Å²) in [7, 11) is 0. The van der Waals surface area contributed by atoms with Crippen molar-refractivity contribution in [2.75, 3.05) is 6.61 Å². The fourth-order valence-corrected chi connectivity index (χ4v) is 2.49. The third kappa shape index (κ3) is 2.42. The first-order valence-electron chi connectivity index (χ1n) is 7.05. The molecule has 3 heteroatoms. The Morgan fingerprint density at radius 3 is 2.62 bits per heavy atom. The van der Waals surface area contributed by atoms with Crippen LogP contribution in [0.4, 0.5) is 0 Å². The lowest BCUT2D eigenvalue weighted by Gasteiger charge is -2.07. The number of carbonyl (C=O) groups is 1. The number of aromatic nitrogens is 1. The third-order valence-corrected chi connectivity index (χ3v) is 3.50. The first kappa shape index (κ1) is 13.4. The molecule has 0 radical (unpaired) electrons. The van der Waals surface area contributed by atoms with Crippen molar-refractivity contribution in [2.24, 2.45) is 0 Å². The summed E-state index contributed by atoms with van der Waals surface area (Å²) in [4.78, 5) is 12.2. The molecule has 0 atom stereocenters. The summed E-state index contributed by atoms with van der Waals surface area (Å²) in [6, 6.07) is 16.0. The van der Waals surface area contributed by atoms with Crippen molar-refractivity contribution in [2.45, 2.75) is 13.8 Å². The van der Waals surface area contributed by atoms with Crippen molar-refractivity contribution < 1.29 is 9.53 Å². The molecule has 0 spiro atoms. The molecule has 0 fully saturated rings. The molecule has 2 aromatic heterocycles. The lowest BCUT2D eigenvalue weighted by atomic mass is 10.1. The van der Waals surface area contributed by atoms with Gasteiger partial charge in [-0.2, -0.15) is 0 Å². The van der Waals surface area contributed by atoms with Crippen LogP contribution in [-0.2, 0) is 4.74 Å². The highest BCUT2D eigenvalue weighted by atomic mass is 16.5. The molecule has 0 unspecified atom stereocenters. The normalized spacial score (nSPS) is 10.8. The predicted molar refractivity (Wildman–Crippen MR) is 83.5 cm³/mol. The van der Waals surface area contributed by atoms with E-state index in [1.165, 1.54) is 5.56 Å². The number of fused-ring (bicyclic) bond motifs is 1. The Morgan fingerprint density at radius 1 is 1.14 bits per heavy atom. The Labute approximate surface area is 123 Å². The van der Waals surface area contributed by atoms with Crippen LogP contribution >= 0.6 is 0 Å². The van der Waals surface area contributed by atoms with E-state index in [0.717, 1.165) is 16.8 Å². The van der Waals surface area contributed by atoms with E-state index in [-0.39, 0.29) is 5.97 Å². The summed E-state index contributed by atoms with van der Waals surface area (Å²) in [5.74, 6) is -0.281. The summed E-state index contributed by atoms with van der Waals surface area (Å²) in [5.41, 5.74) is 4.67. The van der Waals surface area contributed by atoms with Crippen LogP contribution in [0.3, 0.4) is 0 Å². The smallest absolute Gasteiger partial charge is 0.340 e. The van der Waals surface area contributed by atoms with Gasteiger partial charge in [-0.05, 0) is 37.6 Å². The van der Waals surface area contributed by atoms with Crippen molar-refractivity contribution in [1.82, 2.24) is 4.40 Å². The number of nitrogens with zero attached hydrogens (tertiary/aromatic N) is 1. The van der Waals surface area contributed by atoms with Crippen LogP contribution < -0.4 is 0 Å². The maximum Gasteiger partial charge on any atom is 0.340 e. The van der Waals surface area contributed by atoms with Crippen LogP contribution in [0.5, 0.6) is 0 Å². The molecule has 3 rings (SSSR count). The topological polar surface area (TPSA) is 30.7 Å². The Morgan fingerprint density at radius 2 is 1.90 bits per heavy atom. The summed E-state index contributed by atoms with van der Waals surface area (Å²) in [6.07, 6.45) is 1.97. The van der Waals surface area contributed by atoms with Crippen LogP contribution in [0.1, 0.15) is 22.8 Å². The fraction of sp³-hybridized carbons (Fsp3) is 0.167. The molecule has 106 valence electrons. The zero-order valence-electron chi connectivity index (χ0n) is 12.2. The van der Waals surface area contributed by atoms with Gasteiger partial charge in [-0.15, -0.1) is 0 Å². The van der Waals surface area contributed by atoms with Gasteiger partial charge in [0.15, 0.2) is 0 Å². The SMILES string of the molecule is CCOC(=O)c1cc2ccccn2c1-c1ccc(C)cc1. The van der Waals surface area contributed by atoms with Gasteiger partial charge in [0, 0.05) is 11.7 Å². The molecule has 0 aliphatic carbocycles. The molecule has 3 nitrogen and oxygen atoms in total. The number of aryl methyl sites for hydroxylation is 1. The minimum Gasteiger partial charge on any atom is -0.462 e. The van der Waals surface area contributed by atoms with E-state index in [1.54, 1.807) is 0 Å². The number of pyridine rings is 1. The lowest BCUT2D eigenvalue weighted by Crippen LogP contribution is -2.05. The number of esters is 1. The summed E-state index contributed by atoms with van der Waals surface area (Å²) < 4.78 is 7.22. The van der Waals surface area contributed by atoms with Crippen molar-refractivity contribution in [3.05, 3.63) is 65.9 Å². The van der Waals surface area contributed by atoms with Gasteiger partial charge in [0.1, 0.15) is 0 Å². The standard InChI is InChI=1S/C18H17NO2/c1-3-21-18(20)16-12-15-6-4-5-11-19(15)17(16)14-9-7-13(2)8-10-14/h4-12H,3H2,1-2H3. The quantitative estimate of drug-likeness (QED) is 0.676. The Balaban J connectivity index is 2.24. The second kappa shape index (κ2) is 5.44. The highest BCUT2D eigenvalue weighted by Gasteiger charge is 2.18. The number of carbonyl (C=O) groups excluding carboxylic acids is 1. The molecule has 0 saturated heterocycles. The molecule has 21 heavy (non-hydrogen) atoms. The molecule has 0 bridgehead atoms. The Kier molecular flexibility index (Phi) is 3.48. The highest BCUT2D eigenvalue weighted by Crippen LogP contribution is 2.28. The molecule has 2 heterocycles. The van der Waals surface area contributed by atoms with E-state index in [9.17, 15) is 4.79 Å². The maximum atomic E-state index is 12.2. The van der Waals surface area contributed by atoms with Crippen molar-refractivity contribution in [3.8, 4) is 11.3 Å². The highest BCUT2D eigenvalue weighted by molar-refractivity contribution is 5.99. The van der Waals surface area contributed by atoms with Crippen LogP contribution in [0.25, 0.3) is 16.8 Å². The molecule has 0 N–H and O–H groups in total. The number of ether oxygens (including phenoxy) is 1. The molecule has 0 amide bonds. The third-order valence-electron chi connectivity index (χ3n) is 3.50. The van der Waals surface area contributed by atoms with Gasteiger partial charge < -0.3 is 9.14 Å². The first-order chi connectivity index (χ1) is 10.2. The van der Waals surface area contributed by atoms with Gasteiger partial charge in [-0.3, -0.25) is 0 Å². The van der Waals surface area contributed by atoms with E-state index in [2.05, 4.69) is 0 Å². The molecule has 0 saturated carbocycles. The second-order valence-electron chi connectivity index (χ2n) is 4.99. The van der Waals surface area contributed by atoms with Crippen LogP contribution in [0, 0.1) is 6.92 Å². The van der Waals surface area contributed by atoms with Crippen LogP contribution in [-0.4, -0.2) is 17.0 Å². The minimum absolute atomic E-state index is 0.281. The largest absolute Gasteiger partial charge is 0.462 e. The Bertz CT molecular complexity index is 785. The average Bonchev–Trinajstić information content (AvgIpc) is 2.88. The summed E-state index contributed by atoms with van der Waals surface area (Å²) >= 11 is 0. The molecule has 0 aliphatic heterocycles. The molecule has 3 aromatic rings. The Hall–Kier alpha value is -2.55. The zero-order valence-corrected chi connectivity index (χ0v) is 12.2. The van der Waals surface area contributed by atoms with E-state index < -0.39 is 0 Å². The summed E-state index contributed by atoms with van der Waals surface area (Å²) in [6.45, 7) is 4.24.